The van der Waals surface area contributed by atoms with Gasteiger partial charge in [-0.25, -0.2) is 4.39 Å². The molecule has 0 fully saturated rings. The second-order valence-electron chi connectivity index (χ2n) is 5.08. The van der Waals surface area contributed by atoms with E-state index >= 15 is 0 Å². The number of benzene rings is 2. The van der Waals surface area contributed by atoms with E-state index < -0.39 is 17.8 Å². The summed E-state index contributed by atoms with van der Waals surface area (Å²) in [5, 5.41) is 12.7. The van der Waals surface area contributed by atoms with Gasteiger partial charge in [-0.2, -0.15) is 0 Å². The van der Waals surface area contributed by atoms with Crippen LogP contribution in [0.4, 0.5) is 4.39 Å². The van der Waals surface area contributed by atoms with Gasteiger partial charge in [0, 0.05) is 6.54 Å². The van der Waals surface area contributed by atoms with Crippen molar-refractivity contribution >= 4 is 17.5 Å². The van der Waals surface area contributed by atoms with E-state index in [9.17, 15) is 14.3 Å². The van der Waals surface area contributed by atoms with Gasteiger partial charge in [0.15, 0.2) is 0 Å². The molecule has 0 heterocycles. The Morgan fingerprint density at radius 1 is 1.35 bits per heavy atom. The molecule has 2 aromatic carbocycles. The zero-order valence-corrected chi connectivity index (χ0v) is 13.5. The fourth-order valence-corrected chi connectivity index (χ4v) is 2.30. The average Bonchev–Trinajstić information content (AvgIpc) is 2.55. The fraction of sp³-hybridized carbons (Fsp3) is 0.235. The van der Waals surface area contributed by atoms with Crippen LogP contribution in [0.15, 0.2) is 36.4 Å². The van der Waals surface area contributed by atoms with Gasteiger partial charge < -0.3 is 15.2 Å². The van der Waals surface area contributed by atoms with Crippen molar-refractivity contribution < 1.29 is 19.0 Å². The summed E-state index contributed by atoms with van der Waals surface area (Å²) in [6.07, 6.45) is -0.870. The number of hydrogen-bond donors (Lipinski definition) is 2. The van der Waals surface area contributed by atoms with Gasteiger partial charge in [0.2, 0.25) is 0 Å². The highest BCUT2D eigenvalue weighted by Crippen LogP contribution is 2.21. The summed E-state index contributed by atoms with van der Waals surface area (Å²) in [7, 11) is 1.56. The molecule has 2 N–H and O–H groups in total. The molecule has 2 rings (SSSR count). The third-order valence-corrected chi connectivity index (χ3v) is 3.76. The first-order valence-electron chi connectivity index (χ1n) is 6.98. The van der Waals surface area contributed by atoms with Gasteiger partial charge in [0.25, 0.3) is 5.91 Å². The van der Waals surface area contributed by atoms with E-state index in [0.717, 1.165) is 6.07 Å². The standard InChI is InChI=1S/C17H17ClFNO3/c1-10-7-13(14(18)8-15(10)19)17(22)20-9-16(21)11-3-5-12(23-2)6-4-11/h3-8,16,21H,9H2,1-2H3,(H,20,22). The van der Waals surface area contributed by atoms with Crippen LogP contribution in [-0.4, -0.2) is 24.7 Å². The molecule has 0 aliphatic rings. The summed E-state index contributed by atoms with van der Waals surface area (Å²) in [5.41, 5.74) is 1.15. The van der Waals surface area contributed by atoms with Crippen LogP contribution in [0, 0.1) is 12.7 Å². The summed E-state index contributed by atoms with van der Waals surface area (Å²) in [4.78, 5) is 12.1. The lowest BCUT2D eigenvalue weighted by Gasteiger charge is -2.13. The third kappa shape index (κ3) is 4.21. The van der Waals surface area contributed by atoms with Crippen molar-refractivity contribution in [2.75, 3.05) is 13.7 Å². The molecule has 0 bridgehead atoms. The van der Waals surface area contributed by atoms with Crippen LogP contribution >= 0.6 is 11.6 Å². The smallest absolute Gasteiger partial charge is 0.252 e. The first-order valence-corrected chi connectivity index (χ1v) is 7.36. The Morgan fingerprint density at radius 2 is 2.00 bits per heavy atom. The number of nitrogens with one attached hydrogen (secondary N) is 1. The largest absolute Gasteiger partial charge is 0.497 e. The normalized spacial score (nSPS) is 11.9. The zero-order valence-electron chi connectivity index (χ0n) is 12.8. The van der Waals surface area contributed by atoms with E-state index in [1.54, 1.807) is 38.3 Å². The van der Waals surface area contributed by atoms with Crippen LogP contribution in [0.1, 0.15) is 27.6 Å². The number of amides is 1. The molecule has 23 heavy (non-hydrogen) atoms. The Balaban J connectivity index is 2.02. The van der Waals surface area contributed by atoms with Gasteiger partial charge in [-0.3, -0.25) is 4.79 Å². The second-order valence-corrected chi connectivity index (χ2v) is 5.49. The van der Waals surface area contributed by atoms with Crippen molar-refractivity contribution in [3.8, 4) is 5.75 Å². The molecular weight excluding hydrogens is 321 g/mol. The van der Waals surface area contributed by atoms with Crippen molar-refractivity contribution in [2.45, 2.75) is 13.0 Å². The molecule has 0 radical (unpaired) electrons. The predicted octanol–water partition coefficient (Wildman–Crippen LogP) is 3.26. The van der Waals surface area contributed by atoms with Crippen LogP contribution < -0.4 is 10.1 Å². The highest BCUT2D eigenvalue weighted by atomic mass is 35.5. The highest BCUT2D eigenvalue weighted by Gasteiger charge is 2.15. The number of methoxy groups -OCH3 is 1. The lowest BCUT2D eigenvalue weighted by molar-refractivity contribution is 0.0916. The molecule has 0 aromatic heterocycles. The maximum Gasteiger partial charge on any atom is 0.252 e. The monoisotopic (exact) mass is 337 g/mol. The maximum absolute atomic E-state index is 13.4. The number of carbonyl (C=O) groups excluding carboxylic acids is 1. The molecular formula is C17H17ClFNO3. The van der Waals surface area contributed by atoms with Crippen LogP contribution in [0.3, 0.4) is 0 Å². The van der Waals surface area contributed by atoms with E-state index in [-0.39, 0.29) is 17.1 Å². The fourth-order valence-electron chi connectivity index (χ4n) is 2.06. The van der Waals surface area contributed by atoms with Crippen LogP contribution in [0.5, 0.6) is 5.75 Å². The molecule has 1 atom stereocenters. The second kappa shape index (κ2) is 7.44. The minimum atomic E-state index is -0.870. The lowest BCUT2D eigenvalue weighted by Crippen LogP contribution is -2.28. The first-order chi connectivity index (χ1) is 10.9. The number of aryl methyl sites for hydroxylation is 1. The Labute approximate surface area is 138 Å². The van der Waals surface area contributed by atoms with Gasteiger partial charge in [-0.1, -0.05) is 23.7 Å². The van der Waals surface area contributed by atoms with E-state index in [1.165, 1.54) is 6.07 Å². The van der Waals surface area contributed by atoms with E-state index in [2.05, 4.69) is 5.32 Å². The van der Waals surface area contributed by atoms with Crippen molar-refractivity contribution in [2.24, 2.45) is 0 Å². The van der Waals surface area contributed by atoms with Crippen LogP contribution in [0.25, 0.3) is 0 Å². The topological polar surface area (TPSA) is 58.6 Å². The molecule has 0 aliphatic carbocycles. The number of aliphatic hydroxyl groups excluding tert-OH is 1. The van der Waals surface area contributed by atoms with Gasteiger partial charge in [0.1, 0.15) is 11.6 Å². The number of carbonyl (C=O) groups is 1. The molecule has 122 valence electrons. The summed E-state index contributed by atoms with van der Waals surface area (Å²) in [6.45, 7) is 1.56. The van der Waals surface area contributed by atoms with Crippen molar-refractivity contribution in [1.29, 1.82) is 0 Å². The first kappa shape index (κ1) is 17.2. The number of rotatable bonds is 5. The van der Waals surface area contributed by atoms with Crippen molar-refractivity contribution in [1.82, 2.24) is 5.32 Å². The van der Waals surface area contributed by atoms with Crippen molar-refractivity contribution in [3.05, 3.63) is 63.9 Å². The van der Waals surface area contributed by atoms with E-state index in [1.807, 2.05) is 0 Å². The van der Waals surface area contributed by atoms with Gasteiger partial charge in [0.05, 0.1) is 23.8 Å². The molecule has 0 saturated heterocycles. The number of aliphatic hydroxyl groups is 1. The molecule has 6 heteroatoms. The SMILES string of the molecule is COc1ccc(C(O)CNC(=O)c2cc(C)c(F)cc2Cl)cc1. The quantitative estimate of drug-likeness (QED) is 0.880. The van der Waals surface area contributed by atoms with Crippen LogP contribution in [-0.2, 0) is 0 Å². The minimum absolute atomic E-state index is 0.0118. The Bertz CT molecular complexity index is 704. The molecule has 0 spiro atoms. The summed E-state index contributed by atoms with van der Waals surface area (Å²) in [5.74, 6) is -0.256. The number of ether oxygens (including phenoxy) is 1. The molecule has 1 unspecified atom stereocenters. The van der Waals surface area contributed by atoms with E-state index in [4.69, 9.17) is 16.3 Å². The Morgan fingerprint density at radius 3 is 2.61 bits per heavy atom. The van der Waals surface area contributed by atoms with Gasteiger partial charge in [-0.15, -0.1) is 0 Å². The lowest BCUT2D eigenvalue weighted by atomic mass is 10.1. The number of halogens is 2. The van der Waals surface area contributed by atoms with Gasteiger partial charge >= 0.3 is 0 Å². The van der Waals surface area contributed by atoms with E-state index in [0.29, 0.717) is 16.9 Å². The summed E-state index contributed by atoms with van der Waals surface area (Å²) >= 11 is 5.88. The molecule has 0 saturated carbocycles. The minimum Gasteiger partial charge on any atom is -0.497 e. The molecule has 1 amide bonds. The number of hydrogen-bond acceptors (Lipinski definition) is 3. The predicted molar refractivity (Wildman–Crippen MR) is 86.4 cm³/mol. The van der Waals surface area contributed by atoms with Crippen LogP contribution in [0.2, 0.25) is 5.02 Å². The Hall–Kier alpha value is -2.11. The highest BCUT2D eigenvalue weighted by molar-refractivity contribution is 6.33. The summed E-state index contributed by atoms with van der Waals surface area (Å²) < 4.78 is 18.4. The maximum atomic E-state index is 13.4. The molecule has 4 nitrogen and oxygen atoms in total. The van der Waals surface area contributed by atoms with Crippen molar-refractivity contribution in [3.63, 3.8) is 0 Å². The zero-order chi connectivity index (χ0) is 17.0. The van der Waals surface area contributed by atoms with Gasteiger partial charge in [-0.05, 0) is 42.3 Å². The summed E-state index contributed by atoms with van der Waals surface area (Å²) in [6, 6.07) is 9.36. The third-order valence-electron chi connectivity index (χ3n) is 3.45. The average molecular weight is 338 g/mol. The Kier molecular flexibility index (Phi) is 5.58. The molecule has 0 aliphatic heterocycles. The molecule has 2 aromatic rings.